The van der Waals surface area contributed by atoms with E-state index in [1.54, 1.807) is 91.0 Å². The molecule has 0 saturated heterocycles. The normalized spacial score (nSPS) is 11.7. The Morgan fingerprint density at radius 3 is 2.15 bits per heavy atom. The van der Waals surface area contributed by atoms with Gasteiger partial charge in [0.2, 0.25) is 5.91 Å². The van der Waals surface area contributed by atoms with Crippen LogP contribution in [0.1, 0.15) is 26.7 Å². The quantitative estimate of drug-likeness (QED) is 0.0935. The molecule has 5 aromatic rings. The van der Waals surface area contributed by atoms with Crippen LogP contribution in [0.3, 0.4) is 0 Å². The molecule has 0 bridgehead atoms. The number of amides is 3. The average Bonchev–Trinajstić information content (AvgIpc) is 3.10. The lowest BCUT2D eigenvalue weighted by Crippen LogP contribution is -2.30. The summed E-state index contributed by atoms with van der Waals surface area (Å²) in [6.07, 6.45) is 1.46. The molecule has 3 amide bonds. The number of carbonyl (C=O) groups is 3. The largest absolute Gasteiger partial charge is 0.495 e. The molecule has 3 N–H and O–H groups in total. The first-order valence-electron chi connectivity index (χ1n) is 14.5. The van der Waals surface area contributed by atoms with Gasteiger partial charge in [0.05, 0.1) is 22.8 Å². The molecule has 5 rings (SSSR count). The molecule has 0 aliphatic rings. The Bertz CT molecular complexity index is 1960. The lowest BCUT2D eigenvalue weighted by atomic mass is 10.1. The Kier molecular flexibility index (Phi) is 11.8. The second kappa shape index (κ2) is 16.4. The number of thioether (sulfide) groups is 1. The number of methoxy groups -OCH3 is 1. The second-order valence-electron chi connectivity index (χ2n) is 10.2. The van der Waals surface area contributed by atoms with E-state index < -0.39 is 17.1 Å². The van der Waals surface area contributed by atoms with Crippen LogP contribution in [-0.4, -0.2) is 24.8 Å². The van der Waals surface area contributed by atoms with Crippen LogP contribution in [0, 0.1) is 0 Å². The molecule has 0 aliphatic heterocycles. The van der Waals surface area contributed by atoms with Crippen molar-refractivity contribution in [3.63, 3.8) is 0 Å². The van der Waals surface area contributed by atoms with Crippen molar-refractivity contribution in [3.05, 3.63) is 159 Å². The highest BCUT2D eigenvalue weighted by Crippen LogP contribution is 2.38. The Morgan fingerprint density at radius 2 is 1.46 bits per heavy atom. The number of hydrogen-bond donors (Lipinski definition) is 3. The van der Waals surface area contributed by atoms with E-state index in [9.17, 15) is 14.4 Å². The van der Waals surface area contributed by atoms with E-state index in [1.807, 2.05) is 30.3 Å². The minimum Gasteiger partial charge on any atom is -0.495 e. The lowest BCUT2D eigenvalue weighted by Gasteiger charge is -2.19. The van der Waals surface area contributed by atoms with Crippen molar-refractivity contribution in [2.75, 3.05) is 17.7 Å². The Balaban J connectivity index is 1.35. The van der Waals surface area contributed by atoms with Crippen molar-refractivity contribution in [2.24, 2.45) is 0 Å². The zero-order chi connectivity index (χ0) is 34.0. The fraction of sp³-hybridized carbons (Fsp3) is 0.0541. The van der Waals surface area contributed by atoms with Crippen LogP contribution in [0.15, 0.2) is 132 Å². The molecule has 1 atom stereocenters. The number of rotatable bonds is 11. The van der Waals surface area contributed by atoms with Crippen LogP contribution in [-0.2, 0) is 9.59 Å². The summed E-state index contributed by atoms with van der Waals surface area (Å²) in [6.45, 7) is 0. The van der Waals surface area contributed by atoms with Crippen LogP contribution in [0.5, 0.6) is 5.75 Å². The third-order valence-corrected chi connectivity index (χ3v) is 9.27. The van der Waals surface area contributed by atoms with Crippen molar-refractivity contribution in [3.8, 4) is 5.75 Å². The van der Waals surface area contributed by atoms with Crippen LogP contribution >= 0.6 is 46.6 Å². The Morgan fingerprint density at radius 1 is 0.771 bits per heavy atom. The summed E-state index contributed by atoms with van der Waals surface area (Å²) < 4.78 is 5.40. The van der Waals surface area contributed by atoms with Crippen molar-refractivity contribution >= 4 is 81.7 Å². The predicted molar refractivity (Wildman–Crippen MR) is 195 cm³/mol. The first-order valence-corrected chi connectivity index (χ1v) is 16.5. The van der Waals surface area contributed by atoms with Crippen molar-refractivity contribution in [1.29, 1.82) is 0 Å². The maximum atomic E-state index is 13.6. The molecule has 0 aromatic heterocycles. The van der Waals surface area contributed by atoms with Gasteiger partial charge < -0.3 is 20.7 Å². The predicted octanol–water partition coefficient (Wildman–Crippen LogP) is 9.54. The molecular formula is C37H28Cl3N3O4S. The molecular weight excluding hydrogens is 689 g/mol. The van der Waals surface area contributed by atoms with Crippen LogP contribution in [0.2, 0.25) is 15.1 Å². The molecule has 0 fully saturated rings. The number of anilines is 2. The van der Waals surface area contributed by atoms with E-state index in [-0.39, 0.29) is 16.6 Å². The Labute approximate surface area is 297 Å². The number of nitrogens with one attached hydrogen (secondary N) is 3. The van der Waals surface area contributed by atoms with Gasteiger partial charge in [-0.25, -0.2) is 0 Å². The average molecular weight is 717 g/mol. The molecule has 242 valence electrons. The van der Waals surface area contributed by atoms with Crippen molar-refractivity contribution in [1.82, 2.24) is 5.32 Å². The fourth-order valence-corrected chi connectivity index (χ4v) is 6.12. The van der Waals surface area contributed by atoms with Gasteiger partial charge in [-0.3, -0.25) is 14.4 Å². The summed E-state index contributed by atoms with van der Waals surface area (Å²) in [5.41, 5.74) is 2.50. The molecule has 0 heterocycles. The van der Waals surface area contributed by atoms with Crippen LogP contribution in [0.25, 0.3) is 6.08 Å². The molecule has 7 nitrogen and oxygen atoms in total. The number of ether oxygens (including phenoxy) is 1. The van der Waals surface area contributed by atoms with Gasteiger partial charge >= 0.3 is 0 Å². The second-order valence-corrected chi connectivity index (χ2v) is 12.6. The molecule has 0 radical (unpaired) electrons. The number of benzene rings is 5. The smallest absolute Gasteiger partial charge is 0.272 e. The first kappa shape index (κ1) is 34.6. The van der Waals surface area contributed by atoms with Crippen molar-refractivity contribution in [2.45, 2.75) is 10.1 Å². The summed E-state index contributed by atoms with van der Waals surface area (Å²) in [7, 11) is 1.52. The van der Waals surface area contributed by atoms with E-state index in [4.69, 9.17) is 39.5 Å². The van der Waals surface area contributed by atoms with E-state index in [1.165, 1.54) is 24.9 Å². The van der Waals surface area contributed by atoms with Gasteiger partial charge in [-0.05, 0) is 77.9 Å². The highest BCUT2D eigenvalue weighted by Gasteiger charge is 2.24. The van der Waals surface area contributed by atoms with Crippen LogP contribution < -0.4 is 20.7 Å². The topological polar surface area (TPSA) is 96.5 Å². The minimum atomic E-state index is -0.625. The first-order chi connectivity index (χ1) is 23.2. The number of halogens is 3. The van der Waals surface area contributed by atoms with E-state index in [0.29, 0.717) is 38.3 Å². The lowest BCUT2D eigenvalue weighted by molar-refractivity contribution is -0.116. The van der Waals surface area contributed by atoms with E-state index in [2.05, 4.69) is 16.0 Å². The zero-order valence-electron chi connectivity index (χ0n) is 25.4. The standard InChI is InChI=1S/C37H28Cl3N3O4S/c1-47-32-20-15-26(38)22-30(32)42-37(46)34(23-9-4-2-5-10-23)48-28-18-16-27(17-19-28)41-36(45)31(21-25-13-8-14-29(39)33(25)40)43-35(44)24-11-6-3-7-12-24/h2-22,34H,1H3,(H,41,45)(H,42,46)(H,43,44)/b31-21-. The van der Waals surface area contributed by atoms with Gasteiger partial charge in [-0.2, -0.15) is 0 Å². The zero-order valence-corrected chi connectivity index (χ0v) is 28.5. The molecule has 0 aliphatic carbocycles. The highest BCUT2D eigenvalue weighted by atomic mass is 35.5. The molecule has 5 aromatic carbocycles. The van der Waals surface area contributed by atoms with E-state index in [0.717, 1.165) is 10.5 Å². The third kappa shape index (κ3) is 8.99. The molecule has 1 unspecified atom stereocenters. The molecule has 0 spiro atoms. The van der Waals surface area contributed by atoms with Gasteiger partial charge in [0, 0.05) is 21.2 Å². The van der Waals surface area contributed by atoms with Gasteiger partial charge in [0.1, 0.15) is 16.7 Å². The fourth-order valence-electron chi connectivity index (χ4n) is 4.56. The Hall–Kier alpha value is -4.73. The van der Waals surface area contributed by atoms with Gasteiger partial charge in [-0.1, -0.05) is 95.5 Å². The van der Waals surface area contributed by atoms with Crippen LogP contribution in [0.4, 0.5) is 11.4 Å². The third-order valence-electron chi connectivity index (χ3n) is 6.94. The van der Waals surface area contributed by atoms with Gasteiger partial charge in [0.15, 0.2) is 0 Å². The summed E-state index contributed by atoms with van der Waals surface area (Å²) in [5, 5.41) is 8.84. The maximum Gasteiger partial charge on any atom is 0.272 e. The highest BCUT2D eigenvalue weighted by molar-refractivity contribution is 8.00. The van der Waals surface area contributed by atoms with E-state index >= 15 is 0 Å². The molecule has 48 heavy (non-hydrogen) atoms. The summed E-state index contributed by atoms with van der Waals surface area (Å²) in [6, 6.07) is 34.9. The SMILES string of the molecule is COc1ccc(Cl)cc1NC(=O)C(Sc1ccc(NC(=O)/C(=C/c2cccc(Cl)c2Cl)NC(=O)c2ccccc2)cc1)c1ccccc1. The number of hydrogen-bond acceptors (Lipinski definition) is 5. The monoisotopic (exact) mass is 715 g/mol. The van der Waals surface area contributed by atoms with Crippen molar-refractivity contribution < 1.29 is 19.1 Å². The summed E-state index contributed by atoms with van der Waals surface area (Å²) in [5.74, 6) is -0.835. The summed E-state index contributed by atoms with van der Waals surface area (Å²) >= 11 is 20.1. The summed E-state index contributed by atoms with van der Waals surface area (Å²) in [4.78, 5) is 40.9. The van der Waals surface area contributed by atoms with Gasteiger partial charge in [-0.15, -0.1) is 11.8 Å². The molecule has 11 heteroatoms. The molecule has 0 saturated carbocycles. The number of carbonyl (C=O) groups excluding carboxylic acids is 3. The van der Waals surface area contributed by atoms with Gasteiger partial charge in [0.25, 0.3) is 11.8 Å². The maximum absolute atomic E-state index is 13.6. The minimum absolute atomic E-state index is 0.0382.